The monoisotopic (exact) mass is 463 g/mol. The molecule has 0 spiro atoms. The molecule has 0 unspecified atom stereocenters. The van der Waals surface area contributed by atoms with Crippen molar-refractivity contribution < 1.29 is 0 Å². The van der Waals surface area contributed by atoms with Crippen LogP contribution in [0.4, 0.5) is 0 Å². The molecule has 0 aliphatic rings. The van der Waals surface area contributed by atoms with Gasteiger partial charge in [0.2, 0.25) is 0 Å². The predicted molar refractivity (Wildman–Crippen MR) is 152 cm³/mol. The Hall–Kier alpha value is -2.84. The summed E-state index contributed by atoms with van der Waals surface area (Å²) in [5.41, 5.74) is 2.80. The number of hydrogen-bond acceptors (Lipinski definition) is 1. The molecule has 2 heteroatoms. The summed E-state index contributed by atoms with van der Waals surface area (Å²) in [6.45, 7) is 3.39. The Morgan fingerprint density at radius 2 is 1.15 bits per heavy atom. The van der Waals surface area contributed by atoms with E-state index in [-0.39, 0.29) is 0 Å². The number of aromatic nitrogens is 1. The number of para-hydroxylation sites is 1. The van der Waals surface area contributed by atoms with Gasteiger partial charge in [-0.3, -0.25) is 0 Å². The van der Waals surface area contributed by atoms with Crippen molar-refractivity contribution >= 4 is 64.1 Å². The van der Waals surface area contributed by atoms with Crippen LogP contribution < -0.4 is 0 Å². The summed E-state index contributed by atoms with van der Waals surface area (Å²) in [6, 6.07) is 27.3. The number of thiophene rings is 1. The van der Waals surface area contributed by atoms with Crippen LogP contribution in [0.15, 0.2) is 72.8 Å². The Labute approximate surface area is 206 Å². The molecule has 0 saturated heterocycles. The zero-order valence-corrected chi connectivity index (χ0v) is 21.0. The third kappa shape index (κ3) is 3.69. The van der Waals surface area contributed by atoms with E-state index < -0.39 is 0 Å². The Balaban J connectivity index is 1.41. The molecule has 0 fully saturated rings. The van der Waals surface area contributed by atoms with E-state index in [1.165, 1.54) is 104 Å². The maximum absolute atomic E-state index is 2.61. The van der Waals surface area contributed by atoms with E-state index in [0.717, 1.165) is 6.54 Å². The molecule has 0 aliphatic carbocycles. The first-order valence-electron chi connectivity index (χ1n) is 13.1. The summed E-state index contributed by atoms with van der Waals surface area (Å²) in [5.74, 6) is 0. The molecule has 2 heterocycles. The maximum Gasteiger partial charge on any atom is 0.0571 e. The van der Waals surface area contributed by atoms with Crippen molar-refractivity contribution in [3.63, 3.8) is 0 Å². The largest absolute Gasteiger partial charge is 0.340 e. The van der Waals surface area contributed by atoms with Crippen LogP contribution in [-0.2, 0) is 6.54 Å². The van der Waals surface area contributed by atoms with E-state index in [9.17, 15) is 0 Å². The summed E-state index contributed by atoms with van der Waals surface area (Å²) in [4.78, 5) is 0. The van der Waals surface area contributed by atoms with Crippen LogP contribution in [0, 0.1) is 0 Å². The lowest BCUT2D eigenvalue weighted by Gasteiger charge is -2.10. The smallest absolute Gasteiger partial charge is 0.0571 e. The molecule has 2 aromatic heterocycles. The van der Waals surface area contributed by atoms with E-state index in [1.54, 1.807) is 0 Å². The van der Waals surface area contributed by atoms with Crippen LogP contribution in [0.25, 0.3) is 52.8 Å². The van der Waals surface area contributed by atoms with Crippen LogP contribution in [0.3, 0.4) is 0 Å². The molecule has 4 aromatic carbocycles. The van der Waals surface area contributed by atoms with E-state index in [1.807, 2.05) is 11.3 Å². The van der Waals surface area contributed by atoms with Crippen LogP contribution >= 0.6 is 11.3 Å². The van der Waals surface area contributed by atoms with Gasteiger partial charge in [-0.15, -0.1) is 11.3 Å². The molecule has 0 bridgehead atoms. The number of hydrogen-bond donors (Lipinski definition) is 0. The first-order chi connectivity index (χ1) is 16.9. The highest BCUT2D eigenvalue weighted by Gasteiger charge is 2.15. The number of unbranched alkanes of at least 4 members (excludes halogenated alkanes) is 7. The second kappa shape index (κ2) is 9.43. The molecule has 0 amide bonds. The molecule has 172 valence electrons. The lowest BCUT2D eigenvalue weighted by molar-refractivity contribution is 0.553. The van der Waals surface area contributed by atoms with Gasteiger partial charge in [0.1, 0.15) is 0 Å². The average Bonchev–Trinajstić information content (AvgIpc) is 3.42. The van der Waals surface area contributed by atoms with Crippen molar-refractivity contribution in [1.29, 1.82) is 0 Å². The van der Waals surface area contributed by atoms with Gasteiger partial charge < -0.3 is 4.57 Å². The molecule has 0 saturated carbocycles. The highest BCUT2D eigenvalue weighted by molar-refractivity contribution is 7.26. The van der Waals surface area contributed by atoms with Crippen LogP contribution in [0.5, 0.6) is 0 Å². The summed E-state index contributed by atoms with van der Waals surface area (Å²) < 4.78 is 5.41. The van der Waals surface area contributed by atoms with E-state index in [0.29, 0.717) is 0 Å². The third-order valence-electron chi connectivity index (χ3n) is 7.50. The topological polar surface area (TPSA) is 4.93 Å². The first-order valence-corrected chi connectivity index (χ1v) is 13.9. The fourth-order valence-electron chi connectivity index (χ4n) is 5.77. The van der Waals surface area contributed by atoms with Gasteiger partial charge in [-0.1, -0.05) is 113 Å². The quantitative estimate of drug-likeness (QED) is 0.188. The van der Waals surface area contributed by atoms with Crippen molar-refractivity contribution in [3.05, 3.63) is 72.8 Å². The van der Waals surface area contributed by atoms with Gasteiger partial charge in [0.15, 0.2) is 0 Å². The average molecular weight is 464 g/mol. The predicted octanol–water partition coefficient (Wildman–Crippen LogP) is 10.5. The molecule has 0 atom stereocenters. The zero-order valence-electron chi connectivity index (χ0n) is 20.1. The minimum absolute atomic E-state index is 1.10. The van der Waals surface area contributed by atoms with Crippen molar-refractivity contribution in [2.24, 2.45) is 0 Å². The molecule has 1 nitrogen and oxygen atoms in total. The van der Waals surface area contributed by atoms with Gasteiger partial charge in [0.25, 0.3) is 0 Å². The summed E-state index contributed by atoms with van der Waals surface area (Å²) in [5, 5.41) is 8.33. The number of benzene rings is 4. The van der Waals surface area contributed by atoms with Crippen LogP contribution in [0.2, 0.25) is 0 Å². The lowest BCUT2D eigenvalue weighted by Crippen LogP contribution is -1.98. The summed E-state index contributed by atoms with van der Waals surface area (Å²) in [7, 11) is 0. The number of aryl methyl sites for hydroxylation is 1. The fourth-order valence-corrected chi connectivity index (χ4v) is 7.00. The molecule has 6 aromatic rings. The molecule has 0 N–H and O–H groups in total. The molecular weight excluding hydrogens is 430 g/mol. The minimum Gasteiger partial charge on any atom is -0.340 e. The van der Waals surface area contributed by atoms with Gasteiger partial charge in [0, 0.05) is 53.8 Å². The van der Waals surface area contributed by atoms with E-state index in [4.69, 9.17) is 0 Å². The van der Waals surface area contributed by atoms with Crippen LogP contribution in [-0.4, -0.2) is 4.57 Å². The standard InChI is InChI=1S/C32H33NS/c1-2-3-4-5-6-7-8-13-22-33-29-16-11-9-14-23(29)25-18-21-28-26(31(25)33)19-20-27-24-15-10-12-17-30(24)34-32(27)28/h9-12,14-21H,2-8,13,22H2,1H3. The Kier molecular flexibility index (Phi) is 6.01. The SMILES string of the molecule is CCCCCCCCCCn1c2ccccc2c2ccc3c(ccc4c5ccccc5sc43)c21. The van der Waals surface area contributed by atoms with Gasteiger partial charge in [-0.2, -0.15) is 0 Å². The highest BCUT2D eigenvalue weighted by atomic mass is 32.1. The number of rotatable bonds is 9. The summed E-state index contributed by atoms with van der Waals surface area (Å²) >= 11 is 1.94. The third-order valence-corrected chi connectivity index (χ3v) is 8.72. The van der Waals surface area contributed by atoms with Crippen molar-refractivity contribution in [2.75, 3.05) is 0 Å². The molecule has 0 radical (unpaired) electrons. The van der Waals surface area contributed by atoms with Crippen molar-refractivity contribution in [1.82, 2.24) is 4.57 Å². The van der Waals surface area contributed by atoms with Crippen molar-refractivity contribution in [3.8, 4) is 0 Å². The normalized spacial score (nSPS) is 12.1. The number of fused-ring (bicyclic) bond motifs is 9. The van der Waals surface area contributed by atoms with Gasteiger partial charge in [0.05, 0.1) is 5.52 Å². The van der Waals surface area contributed by atoms with Gasteiger partial charge in [-0.05, 0) is 18.6 Å². The number of nitrogens with zero attached hydrogens (tertiary/aromatic N) is 1. The Bertz CT molecular complexity index is 1600. The fraction of sp³-hybridized carbons (Fsp3) is 0.312. The molecular formula is C32H33NS. The summed E-state index contributed by atoms with van der Waals surface area (Å²) in [6.07, 6.45) is 10.9. The van der Waals surface area contributed by atoms with Crippen molar-refractivity contribution in [2.45, 2.75) is 64.8 Å². The van der Waals surface area contributed by atoms with Gasteiger partial charge >= 0.3 is 0 Å². The van der Waals surface area contributed by atoms with E-state index in [2.05, 4.69) is 84.3 Å². The van der Waals surface area contributed by atoms with Gasteiger partial charge in [-0.25, -0.2) is 0 Å². The first kappa shape index (κ1) is 21.7. The minimum atomic E-state index is 1.10. The molecule has 6 rings (SSSR count). The Morgan fingerprint density at radius 3 is 1.94 bits per heavy atom. The zero-order chi connectivity index (χ0) is 22.9. The highest BCUT2D eigenvalue weighted by Crippen LogP contribution is 2.42. The molecule has 34 heavy (non-hydrogen) atoms. The lowest BCUT2D eigenvalue weighted by atomic mass is 10.0. The van der Waals surface area contributed by atoms with Crippen LogP contribution in [0.1, 0.15) is 58.3 Å². The maximum atomic E-state index is 2.61. The second-order valence-corrected chi connectivity index (χ2v) is 10.8. The Morgan fingerprint density at radius 1 is 0.559 bits per heavy atom. The molecule has 0 aliphatic heterocycles. The second-order valence-electron chi connectivity index (χ2n) is 9.74. The van der Waals surface area contributed by atoms with E-state index >= 15 is 0 Å².